The molecular weight excluding hydrogens is 574 g/mol. The van der Waals surface area contributed by atoms with Crippen molar-refractivity contribution in [2.45, 2.75) is 55.9 Å². The average Bonchev–Trinajstić information content (AvgIpc) is 3.67. The summed E-state index contributed by atoms with van der Waals surface area (Å²) in [6, 6.07) is 13.9. The van der Waals surface area contributed by atoms with E-state index in [1.54, 1.807) is 50.7 Å². The molecule has 0 bridgehead atoms. The number of amides is 1. The first-order chi connectivity index (χ1) is 20.4. The van der Waals surface area contributed by atoms with Gasteiger partial charge in [-0.25, -0.2) is 23.1 Å². The molecule has 1 saturated carbocycles. The fourth-order valence-electron chi connectivity index (χ4n) is 5.33. The predicted molar refractivity (Wildman–Crippen MR) is 162 cm³/mol. The highest BCUT2D eigenvalue weighted by molar-refractivity contribution is 7.89. The maximum Gasteiger partial charge on any atom is 0.240 e. The molecule has 0 saturated heterocycles. The Morgan fingerprint density at radius 2 is 1.86 bits per heavy atom. The van der Waals surface area contributed by atoms with Crippen LogP contribution in [0, 0.1) is 5.92 Å². The Kier molecular flexibility index (Phi) is 9.78. The number of sulfonamides is 1. The molecule has 1 aromatic carbocycles. The van der Waals surface area contributed by atoms with Crippen molar-refractivity contribution in [1.29, 1.82) is 0 Å². The first kappa shape index (κ1) is 30.0. The Morgan fingerprint density at radius 1 is 1.07 bits per heavy atom. The summed E-state index contributed by atoms with van der Waals surface area (Å²) >= 11 is 1.29. The minimum absolute atomic E-state index is 0.0690. The summed E-state index contributed by atoms with van der Waals surface area (Å²) in [6.45, 7) is 0.590. The van der Waals surface area contributed by atoms with Gasteiger partial charge in [0.05, 0.1) is 36.8 Å². The van der Waals surface area contributed by atoms with Crippen LogP contribution in [0.25, 0.3) is 10.3 Å². The number of ether oxygens (including phenoxy) is 2. The largest absolute Gasteiger partial charge is 0.481 e. The molecule has 2 N–H and O–H groups in total. The SMILES string of the molecule is COCCc1cccnc1CNS(=O)(=O)c1ccc(C(CC2CCCC2)C(=O)Nc2nc3ccc(OC)nc3s2)cc1. The minimum atomic E-state index is -3.80. The van der Waals surface area contributed by atoms with Gasteiger partial charge in [0, 0.05) is 19.4 Å². The lowest BCUT2D eigenvalue weighted by molar-refractivity contribution is -0.118. The Labute approximate surface area is 250 Å². The number of thiazole rings is 1. The van der Waals surface area contributed by atoms with E-state index >= 15 is 0 Å². The number of hydrogen-bond donors (Lipinski definition) is 2. The van der Waals surface area contributed by atoms with Gasteiger partial charge < -0.3 is 14.8 Å². The molecule has 1 unspecified atom stereocenters. The number of anilines is 1. The summed E-state index contributed by atoms with van der Waals surface area (Å²) in [6.07, 6.45) is 7.48. The molecule has 0 aliphatic heterocycles. The minimum Gasteiger partial charge on any atom is -0.481 e. The first-order valence-electron chi connectivity index (χ1n) is 14.0. The maximum atomic E-state index is 13.6. The Balaban J connectivity index is 1.31. The van der Waals surface area contributed by atoms with Crippen molar-refractivity contribution in [3.63, 3.8) is 0 Å². The second-order valence-corrected chi connectivity index (χ2v) is 13.1. The molecular formula is C30H35N5O5S2. The van der Waals surface area contributed by atoms with Gasteiger partial charge in [-0.1, -0.05) is 55.2 Å². The third-order valence-electron chi connectivity index (χ3n) is 7.61. The van der Waals surface area contributed by atoms with E-state index in [9.17, 15) is 13.2 Å². The maximum absolute atomic E-state index is 13.6. The lowest BCUT2D eigenvalue weighted by Crippen LogP contribution is -2.25. The number of nitrogens with zero attached hydrogens (tertiary/aromatic N) is 3. The van der Waals surface area contributed by atoms with E-state index < -0.39 is 15.9 Å². The van der Waals surface area contributed by atoms with Gasteiger partial charge in [-0.3, -0.25) is 9.78 Å². The topological polar surface area (TPSA) is 132 Å². The van der Waals surface area contributed by atoms with Gasteiger partial charge in [-0.2, -0.15) is 0 Å². The van der Waals surface area contributed by atoms with E-state index in [4.69, 9.17) is 9.47 Å². The molecule has 1 fully saturated rings. The van der Waals surface area contributed by atoms with Crippen LogP contribution >= 0.6 is 11.3 Å². The van der Waals surface area contributed by atoms with Crippen LogP contribution in [-0.4, -0.2) is 50.1 Å². The molecule has 10 nitrogen and oxygen atoms in total. The van der Waals surface area contributed by atoms with E-state index in [2.05, 4.69) is 25.0 Å². The Hall–Kier alpha value is -3.45. The summed E-state index contributed by atoms with van der Waals surface area (Å²) in [5.41, 5.74) is 3.04. The fraction of sp³-hybridized carbons (Fsp3) is 0.400. The third kappa shape index (κ3) is 7.30. The molecule has 1 aliphatic carbocycles. The molecule has 5 rings (SSSR count). The number of carbonyl (C=O) groups is 1. The molecule has 0 radical (unpaired) electrons. The zero-order valence-corrected chi connectivity index (χ0v) is 25.3. The van der Waals surface area contributed by atoms with Gasteiger partial charge in [0.15, 0.2) is 5.13 Å². The number of methoxy groups -OCH3 is 2. The lowest BCUT2D eigenvalue weighted by Gasteiger charge is -2.20. The Bertz CT molecular complexity index is 1620. The molecule has 222 valence electrons. The molecule has 12 heteroatoms. The van der Waals surface area contributed by atoms with E-state index in [0.717, 1.165) is 36.8 Å². The second-order valence-electron chi connectivity index (χ2n) is 10.4. The van der Waals surface area contributed by atoms with E-state index in [1.807, 2.05) is 18.2 Å². The molecule has 4 aromatic rings. The van der Waals surface area contributed by atoms with Crippen molar-refractivity contribution in [2.24, 2.45) is 5.92 Å². The van der Waals surface area contributed by atoms with Gasteiger partial charge >= 0.3 is 0 Å². The summed E-state index contributed by atoms with van der Waals surface area (Å²) in [5.74, 6) is 0.321. The summed E-state index contributed by atoms with van der Waals surface area (Å²) in [4.78, 5) is 27.7. The predicted octanol–water partition coefficient (Wildman–Crippen LogP) is 5.06. The van der Waals surface area contributed by atoms with Crippen LogP contribution in [0.2, 0.25) is 0 Å². The number of aromatic nitrogens is 3. The normalized spacial score (nSPS) is 14.7. The number of rotatable bonds is 13. The molecule has 1 atom stereocenters. The van der Waals surface area contributed by atoms with Crippen molar-refractivity contribution in [3.8, 4) is 5.88 Å². The van der Waals surface area contributed by atoms with E-state index in [-0.39, 0.29) is 17.3 Å². The number of benzene rings is 1. The van der Waals surface area contributed by atoms with Crippen LogP contribution in [-0.2, 0) is 32.5 Å². The van der Waals surface area contributed by atoms with Crippen LogP contribution in [0.3, 0.4) is 0 Å². The highest BCUT2D eigenvalue weighted by Crippen LogP contribution is 2.36. The van der Waals surface area contributed by atoms with Crippen LogP contribution in [0.15, 0.2) is 59.6 Å². The van der Waals surface area contributed by atoms with Crippen molar-refractivity contribution < 1.29 is 22.7 Å². The molecule has 1 amide bonds. The smallest absolute Gasteiger partial charge is 0.240 e. The monoisotopic (exact) mass is 609 g/mol. The van der Waals surface area contributed by atoms with Crippen molar-refractivity contribution in [3.05, 3.63) is 71.5 Å². The first-order valence-corrected chi connectivity index (χ1v) is 16.3. The zero-order chi connectivity index (χ0) is 29.5. The van der Waals surface area contributed by atoms with Crippen LogP contribution in [0.4, 0.5) is 5.13 Å². The van der Waals surface area contributed by atoms with Gasteiger partial charge in [0.1, 0.15) is 10.3 Å². The van der Waals surface area contributed by atoms with Gasteiger partial charge in [-0.05, 0) is 54.2 Å². The van der Waals surface area contributed by atoms with Gasteiger partial charge in [0.2, 0.25) is 21.8 Å². The van der Waals surface area contributed by atoms with Gasteiger partial charge in [0.25, 0.3) is 0 Å². The van der Waals surface area contributed by atoms with Crippen LogP contribution < -0.4 is 14.8 Å². The second kappa shape index (κ2) is 13.7. The molecule has 3 aromatic heterocycles. The van der Waals surface area contributed by atoms with Gasteiger partial charge in [-0.15, -0.1) is 0 Å². The third-order valence-corrected chi connectivity index (χ3v) is 9.91. The van der Waals surface area contributed by atoms with E-state index in [0.29, 0.717) is 52.4 Å². The average molecular weight is 610 g/mol. The number of fused-ring (bicyclic) bond motifs is 1. The quantitative estimate of drug-likeness (QED) is 0.215. The molecule has 1 aliphatic rings. The molecule has 0 spiro atoms. The number of carbonyl (C=O) groups excluding carboxylic acids is 1. The van der Waals surface area contributed by atoms with E-state index in [1.165, 1.54) is 11.3 Å². The molecule has 3 heterocycles. The Morgan fingerprint density at radius 3 is 2.60 bits per heavy atom. The lowest BCUT2D eigenvalue weighted by atomic mass is 9.87. The summed E-state index contributed by atoms with van der Waals surface area (Å²) in [5, 5.41) is 3.45. The summed E-state index contributed by atoms with van der Waals surface area (Å²) in [7, 11) is -0.618. The standard InChI is InChI=1S/C30H35N5O5S2/c1-39-17-15-22-8-5-16-31-26(22)19-32-42(37,38)23-11-9-21(10-12-23)24(18-20-6-3-4-7-20)28(36)35-30-33-25-13-14-27(40-2)34-29(25)41-30/h5,8-14,16,20,24,32H,3-4,6-7,15,17-19H2,1-2H3,(H,33,35,36). The highest BCUT2D eigenvalue weighted by atomic mass is 32.2. The van der Waals surface area contributed by atoms with Crippen molar-refractivity contribution in [2.75, 3.05) is 26.1 Å². The summed E-state index contributed by atoms with van der Waals surface area (Å²) < 4.78 is 39.3. The number of nitrogens with one attached hydrogen (secondary N) is 2. The van der Waals surface area contributed by atoms with Crippen LogP contribution in [0.5, 0.6) is 5.88 Å². The highest BCUT2D eigenvalue weighted by Gasteiger charge is 2.28. The fourth-order valence-corrected chi connectivity index (χ4v) is 7.15. The zero-order valence-electron chi connectivity index (χ0n) is 23.7. The number of hydrogen-bond acceptors (Lipinski definition) is 9. The number of pyridine rings is 2. The van der Waals surface area contributed by atoms with Crippen LogP contribution in [0.1, 0.15) is 54.8 Å². The van der Waals surface area contributed by atoms with Crippen molar-refractivity contribution >= 4 is 42.7 Å². The van der Waals surface area contributed by atoms with Crippen molar-refractivity contribution in [1.82, 2.24) is 19.7 Å². The molecule has 42 heavy (non-hydrogen) atoms.